The third-order valence-corrected chi connectivity index (χ3v) is 3.32. The van der Waals surface area contributed by atoms with Gasteiger partial charge in [-0.3, -0.25) is 4.68 Å². The van der Waals surface area contributed by atoms with E-state index in [4.69, 9.17) is 0 Å². The molecule has 0 aromatic carbocycles. The monoisotopic (exact) mass is 237 g/mol. The highest BCUT2D eigenvalue weighted by Crippen LogP contribution is 2.22. The molecule has 1 atom stereocenters. The van der Waals surface area contributed by atoms with Crippen LogP contribution in [0, 0.1) is 5.41 Å². The zero-order valence-corrected chi connectivity index (χ0v) is 12.0. The highest BCUT2D eigenvalue weighted by atomic mass is 15.3. The molecule has 0 aliphatic heterocycles. The van der Waals surface area contributed by atoms with Crippen molar-refractivity contribution in [1.29, 1.82) is 0 Å². The summed E-state index contributed by atoms with van der Waals surface area (Å²) in [6.45, 7) is 10.1. The Balaban J connectivity index is 2.57. The molecule has 3 nitrogen and oxygen atoms in total. The van der Waals surface area contributed by atoms with Crippen LogP contribution in [0.2, 0.25) is 0 Å². The van der Waals surface area contributed by atoms with Crippen molar-refractivity contribution in [2.75, 3.05) is 7.05 Å². The average Bonchev–Trinajstić information content (AvgIpc) is 2.65. The number of nitrogens with one attached hydrogen (secondary N) is 1. The largest absolute Gasteiger partial charge is 0.316 e. The van der Waals surface area contributed by atoms with Gasteiger partial charge in [0.15, 0.2) is 0 Å². The molecule has 1 heterocycles. The lowest BCUT2D eigenvalue weighted by Crippen LogP contribution is -2.38. The fraction of sp³-hybridized carbons (Fsp3) is 0.786. The van der Waals surface area contributed by atoms with Crippen LogP contribution in [0.5, 0.6) is 0 Å². The number of nitrogens with zero attached hydrogens (tertiary/aromatic N) is 2. The fourth-order valence-electron chi connectivity index (χ4n) is 2.29. The van der Waals surface area contributed by atoms with E-state index in [1.165, 1.54) is 5.69 Å². The number of rotatable bonds is 6. The highest BCUT2D eigenvalue weighted by Gasteiger charge is 2.22. The van der Waals surface area contributed by atoms with E-state index >= 15 is 0 Å². The Bertz CT molecular complexity index is 322. The van der Waals surface area contributed by atoms with Crippen LogP contribution < -0.4 is 5.32 Å². The molecule has 0 amide bonds. The summed E-state index contributed by atoms with van der Waals surface area (Å²) < 4.78 is 2.13. The topological polar surface area (TPSA) is 29.9 Å². The second kappa shape index (κ2) is 6.20. The van der Waals surface area contributed by atoms with E-state index in [0.29, 0.717) is 11.5 Å². The number of aromatic nitrogens is 2. The summed E-state index contributed by atoms with van der Waals surface area (Å²) >= 11 is 0. The number of hydrogen-bond acceptors (Lipinski definition) is 2. The zero-order chi connectivity index (χ0) is 12.9. The van der Waals surface area contributed by atoms with Gasteiger partial charge in [0, 0.05) is 24.5 Å². The molecule has 0 aliphatic carbocycles. The fourth-order valence-corrected chi connectivity index (χ4v) is 2.29. The van der Waals surface area contributed by atoms with Crippen LogP contribution in [0.3, 0.4) is 0 Å². The lowest BCUT2D eigenvalue weighted by Gasteiger charge is -2.30. The van der Waals surface area contributed by atoms with E-state index in [2.05, 4.69) is 55.9 Å². The Morgan fingerprint density at radius 3 is 2.65 bits per heavy atom. The number of aryl methyl sites for hydroxylation is 2. The Labute approximate surface area is 106 Å². The first-order chi connectivity index (χ1) is 7.99. The first-order valence-electron chi connectivity index (χ1n) is 6.67. The minimum atomic E-state index is 0.310. The van der Waals surface area contributed by atoms with Gasteiger partial charge in [0.2, 0.25) is 0 Å². The third-order valence-electron chi connectivity index (χ3n) is 3.32. The van der Waals surface area contributed by atoms with Crippen LogP contribution >= 0.6 is 0 Å². The van der Waals surface area contributed by atoms with Gasteiger partial charge in [-0.1, -0.05) is 27.7 Å². The SMILES string of the molecule is CCCn1nccc1CCC(NC)C(C)(C)C. The molecule has 0 fully saturated rings. The number of hydrogen-bond donors (Lipinski definition) is 1. The summed E-state index contributed by atoms with van der Waals surface area (Å²) in [6.07, 6.45) is 5.32. The lowest BCUT2D eigenvalue weighted by atomic mass is 9.84. The smallest absolute Gasteiger partial charge is 0.0492 e. The van der Waals surface area contributed by atoms with Crippen LogP contribution in [0.25, 0.3) is 0 Å². The van der Waals surface area contributed by atoms with Crippen LogP contribution in [-0.2, 0) is 13.0 Å². The van der Waals surface area contributed by atoms with Gasteiger partial charge in [-0.25, -0.2) is 0 Å². The molecule has 0 bridgehead atoms. The molecule has 1 N–H and O–H groups in total. The molecule has 1 aromatic heterocycles. The Kier molecular flexibility index (Phi) is 5.19. The molecule has 0 saturated carbocycles. The second-order valence-corrected chi connectivity index (χ2v) is 5.79. The molecule has 0 radical (unpaired) electrons. The van der Waals surface area contributed by atoms with Crippen LogP contribution in [0.4, 0.5) is 0 Å². The average molecular weight is 237 g/mol. The molecular formula is C14H27N3. The minimum Gasteiger partial charge on any atom is -0.316 e. The third kappa shape index (κ3) is 4.15. The van der Waals surface area contributed by atoms with Crippen molar-refractivity contribution in [3.63, 3.8) is 0 Å². The molecule has 0 spiro atoms. The van der Waals surface area contributed by atoms with Crippen molar-refractivity contribution in [2.24, 2.45) is 5.41 Å². The summed E-state index contributed by atoms with van der Waals surface area (Å²) in [5.74, 6) is 0. The van der Waals surface area contributed by atoms with E-state index in [9.17, 15) is 0 Å². The standard InChI is InChI=1S/C14H27N3/c1-6-11-17-12(9-10-16-17)7-8-13(15-5)14(2,3)4/h9-10,13,15H,6-8,11H2,1-5H3. The molecule has 17 heavy (non-hydrogen) atoms. The summed E-state index contributed by atoms with van der Waals surface area (Å²) in [5, 5.41) is 7.79. The van der Waals surface area contributed by atoms with E-state index in [0.717, 1.165) is 25.8 Å². The van der Waals surface area contributed by atoms with Crippen LogP contribution in [-0.4, -0.2) is 22.9 Å². The van der Waals surface area contributed by atoms with Crippen LogP contribution in [0.1, 0.15) is 46.2 Å². The van der Waals surface area contributed by atoms with Gasteiger partial charge in [-0.2, -0.15) is 5.10 Å². The van der Waals surface area contributed by atoms with Gasteiger partial charge in [0.05, 0.1) is 0 Å². The predicted octanol–water partition coefficient (Wildman–Crippen LogP) is 2.86. The predicted molar refractivity (Wildman–Crippen MR) is 73.1 cm³/mol. The van der Waals surface area contributed by atoms with E-state index in [1.54, 1.807) is 0 Å². The molecular weight excluding hydrogens is 210 g/mol. The Hall–Kier alpha value is -0.830. The minimum absolute atomic E-state index is 0.310. The lowest BCUT2D eigenvalue weighted by molar-refractivity contribution is 0.266. The highest BCUT2D eigenvalue weighted by molar-refractivity contribution is 5.01. The van der Waals surface area contributed by atoms with Gasteiger partial charge < -0.3 is 5.32 Å². The Morgan fingerprint density at radius 2 is 2.12 bits per heavy atom. The van der Waals surface area contributed by atoms with Crippen molar-refractivity contribution in [3.05, 3.63) is 18.0 Å². The summed E-state index contributed by atoms with van der Waals surface area (Å²) in [7, 11) is 2.05. The van der Waals surface area contributed by atoms with Gasteiger partial charge in [-0.15, -0.1) is 0 Å². The first-order valence-corrected chi connectivity index (χ1v) is 6.67. The Morgan fingerprint density at radius 1 is 1.41 bits per heavy atom. The summed E-state index contributed by atoms with van der Waals surface area (Å²) in [6, 6.07) is 2.69. The quantitative estimate of drug-likeness (QED) is 0.824. The molecule has 0 aliphatic rings. The molecule has 1 rings (SSSR count). The molecule has 1 aromatic rings. The first kappa shape index (κ1) is 14.2. The van der Waals surface area contributed by atoms with Gasteiger partial charge in [0.25, 0.3) is 0 Å². The van der Waals surface area contributed by atoms with Gasteiger partial charge in [-0.05, 0) is 37.8 Å². The maximum Gasteiger partial charge on any atom is 0.0492 e. The van der Waals surface area contributed by atoms with Gasteiger partial charge in [0.1, 0.15) is 0 Å². The van der Waals surface area contributed by atoms with E-state index in [-0.39, 0.29) is 0 Å². The molecule has 0 saturated heterocycles. The summed E-state index contributed by atoms with van der Waals surface area (Å²) in [4.78, 5) is 0. The molecule has 98 valence electrons. The van der Waals surface area contributed by atoms with Crippen molar-refractivity contribution < 1.29 is 0 Å². The maximum atomic E-state index is 4.37. The van der Waals surface area contributed by atoms with Crippen molar-refractivity contribution >= 4 is 0 Å². The molecule has 1 unspecified atom stereocenters. The normalized spacial score (nSPS) is 13.9. The van der Waals surface area contributed by atoms with Crippen molar-refractivity contribution in [2.45, 2.75) is 59.5 Å². The van der Waals surface area contributed by atoms with Crippen molar-refractivity contribution in [1.82, 2.24) is 15.1 Å². The van der Waals surface area contributed by atoms with Gasteiger partial charge >= 0.3 is 0 Å². The van der Waals surface area contributed by atoms with Crippen LogP contribution in [0.15, 0.2) is 12.3 Å². The second-order valence-electron chi connectivity index (χ2n) is 5.79. The van der Waals surface area contributed by atoms with E-state index in [1.807, 2.05) is 6.20 Å². The molecule has 3 heteroatoms. The zero-order valence-electron chi connectivity index (χ0n) is 12.0. The van der Waals surface area contributed by atoms with E-state index < -0.39 is 0 Å². The summed E-state index contributed by atoms with van der Waals surface area (Å²) in [5.41, 5.74) is 1.67. The maximum absolute atomic E-state index is 4.37. The van der Waals surface area contributed by atoms with Crippen molar-refractivity contribution in [3.8, 4) is 0 Å².